The van der Waals surface area contributed by atoms with Crippen LogP contribution in [0.25, 0.3) is 5.69 Å². The molecule has 0 saturated heterocycles. The van der Waals surface area contributed by atoms with E-state index in [-0.39, 0.29) is 24.1 Å². The van der Waals surface area contributed by atoms with E-state index in [1.807, 2.05) is 6.92 Å². The molecule has 1 heterocycles. The maximum absolute atomic E-state index is 14.2. The number of nitrogens with one attached hydrogen (secondary N) is 1. The minimum absolute atomic E-state index is 0.138. The lowest BCUT2D eigenvalue weighted by molar-refractivity contribution is -0.114. The number of rotatable bonds is 6. The Kier molecular flexibility index (Phi) is 5.59. The van der Waals surface area contributed by atoms with E-state index < -0.39 is 0 Å². The largest absolute Gasteiger partial charge is 0.485 e. The van der Waals surface area contributed by atoms with Crippen LogP contribution in [0.4, 0.5) is 10.1 Å². The van der Waals surface area contributed by atoms with Gasteiger partial charge in [0.05, 0.1) is 5.69 Å². The van der Waals surface area contributed by atoms with Gasteiger partial charge in [0.2, 0.25) is 11.7 Å². The Morgan fingerprint density at radius 3 is 2.39 bits per heavy atom. The van der Waals surface area contributed by atoms with Crippen LogP contribution in [0, 0.1) is 19.7 Å². The first-order valence-electron chi connectivity index (χ1n) is 8.84. The number of amides is 1. The molecule has 0 aliphatic heterocycles. The number of halogens is 1. The average Bonchev–Trinajstić information content (AvgIpc) is 2.95. The maximum Gasteiger partial charge on any atom is 0.221 e. The summed E-state index contributed by atoms with van der Waals surface area (Å²) in [5.41, 5.74) is 2.99. The number of para-hydroxylation sites is 1. The monoisotopic (exact) mass is 380 g/mol. The van der Waals surface area contributed by atoms with Gasteiger partial charge < -0.3 is 14.6 Å². The van der Waals surface area contributed by atoms with E-state index in [2.05, 4.69) is 5.32 Å². The van der Waals surface area contributed by atoms with Crippen molar-refractivity contribution >= 4 is 17.4 Å². The Morgan fingerprint density at radius 1 is 1.07 bits per heavy atom. The number of Topliss-reactive ketones (excluding diaryl/α,β-unsaturated/α-hetero) is 1. The van der Waals surface area contributed by atoms with Crippen molar-refractivity contribution in [1.82, 2.24) is 4.57 Å². The molecule has 3 rings (SSSR count). The highest BCUT2D eigenvalue weighted by Crippen LogP contribution is 2.23. The van der Waals surface area contributed by atoms with Crippen molar-refractivity contribution in [3.63, 3.8) is 0 Å². The van der Waals surface area contributed by atoms with Gasteiger partial charge in [-0.3, -0.25) is 9.59 Å². The molecule has 3 aromatic rings. The number of ketones is 1. The van der Waals surface area contributed by atoms with Gasteiger partial charge in [-0.15, -0.1) is 0 Å². The van der Waals surface area contributed by atoms with Gasteiger partial charge in [0.25, 0.3) is 0 Å². The summed E-state index contributed by atoms with van der Waals surface area (Å²) in [7, 11) is 0. The number of hydrogen-bond donors (Lipinski definition) is 1. The molecule has 144 valence electrons. The van der Waals surface area contributed by atoms with Crippen molar-refractivity contribution in [3.8, 4) is 11.4 Å². The van der Waals surface area contributed by atoms with Gasteiger partial charge in [-0.05, 0) is 56.3 Å². The van der Waals surface area contributed by atoms with Crippen LogP contribution in [0.5, 0.6) is 5.75 Å². The third kappa shape index (κ3) is 4.11. The van der Waals surface area contributed by atoms with Crippen LogP contribution in [-0.4, -0.2) is 22.9 Å². The fourth-order valence-corrected chi connectivity index (χ4v) is 3.11. The topological polar surface area (TPSA) is 60.3 Å². The molecule has 1 aromatic heterocycles. The summed E-state index contributed by atoms with van der Waals surface area (Å²) in [5, 5.41) is 2.66. The first-order chi connectivity index (χ1) is 13.4. The quantitative estimate of drug-likeness (QED) is 0.643. The summed E-state index contributed by atoms with van der Waals surface area (Å²) in [6.07, 6.45) is 0. The highest BCUT2D eigenvalue weighted by Gasteiger charge is 2.18. The molecule has 0 fully saturated rings. The van der Waals surface area contributed by atoms with Crippen molar-refractivity contribution in [2.75, 3.05) is 11.9 Å². The Labute approximate surface area is 162 Å². The molecule has 0 saturated carbocycles. The van der Waals surface area contributed by atoms with Crippen molar-refractivity contribution in [3.05, 3.63) is 77.4 Å². The average molecular weight is 380 g/mol. The lowest BCUT2D eigenvalue weighted by Gasteiger charge is -2.11. The smallest absolute Gasteiger partial charge is 0.221 e. The second-order valence-corrected chi connectivity index (χ2v) is 6.49. The van der Waals surface area contributed by atoms with E-state index in [0.29, 0.717) is 28.4 Å². The van der Waals surface area contributed by atoms with E-state index in [0.717, 1.165) is 5.69 Å². The van der Waals surface area contributed by atoms with Crippen LogP contribution >= 0.6 is 0 Å². The van der Waals surface area contributed by atoms with Gasteiger partial charge in [-0.25, -0.2) is 4.39 Å². The summed E-state index contributed by atoms with van der Waals surface area (Å²) < 4.78 is 21.5. The summed E-state index contributed by atoms with van der Waals surface area (Å²) in [4.78, 5) is 23.7. The Bertz CT molecular complexity index is 1020. The molecule has 2 aromatic carbocycles. The molecule has 0 bridgehead atoms. The van der Waals surface area contributed by atoms with E-state index in [9.17, 15) is 14.0 Å². The van der Waals surface area contributed by atoms with Crippen LogP contribution in [-0.2, 0) is 4.79 Å². The lowest BCUT2D eigenvalue weighted by Crippen LogP contribution is -2.13. The van der Waals surface area contributed by atoms with Crippen molar-refractivity contribution < 1.29 is 18.7 Å². The molecule has 0 atom stereocenters. The zero-order chi connectivity index (χ0) is 20.3. The number of aromatic nitrogens is 1. The zero-order valence-corrected chi connectivity index (χ0v) is 16.0. The predicted octanol–water partition coefficient (Wildman–Crippen LogP) is 4.45. The molecule has 0 radical (unpaired) electrons. The predicted molar refractivity (Wildman–Crippen MR) is 106 cm³/mol. The van der Waals surface area contributed by atoms with Crippen LogP contribution in [0.2, 0.25) is 0 Å². The van der Waals surface area contributed by atoms with Gasteiger partial charge in [-0.2, -0.15) is 0 Å². The van der Waals surface area contributed by atoms with Gasteiger partial charge in [0.1, 0.15) is 11.6 Å². The molecule has 0 aliphatic carbocycles. The molecule has 6 heteroatoms. The third-order valence-corrected chi connectivity index (χ3v) is 4.37. The number of carbonyl (C=O) groups is 2. The first kappa shape index (κ1) is 19.4. The normalized spacial score (nSPS) is 10.6. The van der Waals surface area contributed by atoms with Crippen LogP contribution in [0.15, 0.2) is 54.6 Å². The van der Waals surface area contributed by atoms with Crippen LogP contribution in [0.3, 0.4) is 0 Å². The highest BCUT2D eigenvalue weighted by atomic mass is 19.1. The van der Waals surface area contributed by atoms with Crippen molar-refractivity contribution in [1.29, 1.82) is 0 Å². The molecule has 0 spiro atoms. The van der Waals surface area contributed by atoms with Gasteiger partial charge in [0, 0.05) is 29.6 Å². The fourth-order valence-electron chi connectivity index (χ4n) is 3.11. The molecular weight excluding hydrogens is 359 g/mol. The molecule has 0 aliphatic rings. The van der Waals surface area contributed by atoms with Crippen LogP contribution < -0.4 is 10.1 Å². The molecule has 0 unspecified atom stereocenters. The summed E-state index contributed by atoms with van der Waals surface area (Å²) >= 11 is 0. The second kappa shape index (κ2) is 8.08. The Morgan fingerprint density at radius 2 is 1.75 bits per heavy atom. The number of carbonyl (C=O) groups excluding carboxylic acids is 2. The second-order valence-electron chi connectivity index (χ2n) is 6.49. The summed E-state index contributed by atoms with van der Waals surface area (Å²) in [6.45, 7) is 4.91. The third-order valence-electron chi connectivity index (χ3n) is 4.37. The molecule has 1 N–H and O–H groups in total. The first-order valence-corrected chi connectivity index (χ1v) is 8.84. The van der Waals surface area contributed by atoms with Gasteiger partial charge in [0.15, 0.2) is 6.61 Å². The SMILES string of the molecule is CC(=O)Nc1ccc(OCC(=O)c2cc(C)n(-c3ccccc3F)c2C)cc1. The van der Waals surface area contributed by atoms with E-state index in [4.69, 9.17) is 4.74 Å². The van der Waals surface area contributed by atoms with E-state index >= 15 is 0 Å². The van der Waals surface area contributed by atoms with E-state index in [1.165, 1.54) is 13.0 Å². The molecule has 1 amide bonds. The number of aryl methyl sites for hydroxylation is 1. The standard InChI is InChI=1S/C22H21FN2O3/c1-14-12-19(15(2)25(14)21-7-5-4-6-20(21)23)22(27)13-28-18-10-8-17(9-11-18)24-16(3)26/h4-12H,13H2,1-3H3,(H,24,26). The number of nitrogens with zero attached hydrogens (tertiary/aromatic N) is 1. The minimum atomic E-state index is -0.348. The zero-order valence-electron chi connectivity index (χ0n) is 16.0. The summed E-state index contributed by atoms with van der Waals surface area (Å²) in [6, 6.07) is 15.0. The van der Waals surface area contributed by atoms with Crippen LogP contribution in [0.1, 0.15) is 28.7 Å². The fraction of sp³-hybridized carbons (Fsp3) is 0.182. The highest BCUT2D eigenvalue weighted by molar-refractivity contribution is 5.98. The number of ether oxygens (including phenoxy) is 1. The maximum atomic E-state index is 14.2. The van der Waals surface area contributed by atoms with E-state index in [1.54, 1.807) is 60.0 Å². The van der Waals surface area contributed by atoms with Crippen molar-refractivity contribution in [2.45, 2.75) is 20.8 Å². The van der Waals surface area contributed by atoms with Crippen molar-refractivity contribution in [2.24, 2.45) is 0 Å². The Balaban J connectivity index is 1.74. The molecule has 5 nitrogen and oxygen atoms in total. The minimum Gasteiger partial charge on any atom is -0.485 e. The summed E-state index contributed by atoms with van der Waals surface area (Å²) in [5.74, 6) is -0.181. The lowest BCUT2D eigenvalue weighted by atomic mass is 10.1. The number of benzene rings is 2. The van der Waals surface area contributed by atoms with Gasteiger partial charge in [-0.1, -0.05) is 12.1 Å². The number of hydrogen-bond acceptors (Lipinski definition) is 3. The van der Waals surface area contributed by atoms with Gasteiger partial charge >= 0.3 is 0 Å². The molecule has 28 heavy (non-hydrogen) atoms. The number of anilines is 1. The molecular formula is C22H21FN2O3. The Hall–Kier alpha value is -3.41.